The second-order valence-electron chi connectivity index (χ2n) is 7.02. The number of nitrogens with zero attached hydrogens (tertiary/aromatic N) is 1. The highest BCUT2D eigenvalue weighted by atomic mass is 35.5. The Bertz CT molecular complexity index is 1090. The summed E-state index contributed by atoms with van der Waals surface area (Å²) in [4.78, 5) is 15.0. The van der Waals surface area contributed by atoms with E-state index in [0.29, 0.717) is 36.1 Å². The fourth-order valence-electron chi connectivity index (χ4n) is 3.79. The topological polar surface area (TPSA) is 50.8 Å². The molecule has 6 heteroatoms. The number of halogens is 1. The molecule has 1 atom stereocenters. The molecule has 3 aromatic rings. The SMILES string of the molecule is O=C1c2ccccc2C(Nc2ccc3c(c2)OCCO3)N1Cc1ccccc1Cl. The first kappa shape index (κ1) is 17.9. The van der Waals surface area contributed by atoms with Crippen molar-refractivity contribution >= 4 is 23.2 Å². The third-order valence-electron chi connectivity index (χ3n) is 5.20. The number of rotatable bonds is 4. The molecule has 0 aliphatic carbocycles. The van der Waals surface area contributed by atoms with Crippen LogP contribution < -0.4 is 14.8 Å². The number of hydrogen-bond donors (Lipinski definition) is 1. The van der Waals surface area contributed by atoms with E-state index >= 15 is 0 Å². The molecule has 0 bridgehead atoms. The number of fused-ring (bicyclic) bond motifs is 2. The Morgan fingerprint density at radius 3 is 2.59 bits per heavy atom. The number of benzene rings is 3. The van der Waals surface area contributed by atoms with Crippen molar-refractivity contribution in [1.29, 1.82) is 0 Å². The summed E-state index contributed by atoms with van der Waals surface area (Å²) in [6, 6.07) is 21.0. The first-order valence-electron chi connectivity index (χ1n) is 9.50. The van der Waals surface area contributed by atoms with Crippen molar-refractivity contribution < 1.29 is 14.3 Å². The summed E-state index contributed by atoms with van der Waals surface area (Å²) in [6.07, 6.45) is -0.308. The van der Waals surface area contributed by atoms with Crippen molar-refractivity contribution in [2.75, 3.05) is 18.5 Å². The lowest BCUT2D eigenvalue weighted by atomic mass is 10.1. The van der Waals surface area contributed by atoms with Crippen LogP contribution in [-0.2, 0) is 6.54 Å². The molecule has 1 unspecified atom stereocenters. The molecule has 146 valence electrons. The number of anilines is 1. The van der Waals surface area contributed by atoms with E-state index in [-0.39, 0.29) is 12.1 Å². The van der Waals surface area contributed by atoms with Gasteiger partial charge in [-0.15, -0.1) is 0 Å². The van der Waals surface area contributed by atoms with E-state index in [2.05, 4.69) is 5.32 Å². The fourth-order valence-corrected chi connectivity index (χ4v) is 3.99. The Morgan fingerprint density at radius 1 is 0.966 bits per heavy atom. The van der Waals surface area contributed by atoms with Gasteiger partial charge in [0.05, 0.1) is 0 Å². The van der Waals surface area contributed by atoms with Crippen molar-refractivity contribution in [2.24, 2.45) is 0 Å². The molecule has 0 saturated carbocycles. The van der Waals surface area contributed by atoms with Crippen molar-refractivity contribution in [2.45, 2.75) is 12.7 Å². The zero-order valence-corrected chi connectivity index (χ0v) is 16.4. The average molecular weight is 407 g/mol. The molecule has 0 radical (unpaired) electrons. The van der Waals surface area contributed by atoms with E-state index < -0.39 is 0 Å². The van der Waals surface area contributed by atoms with Crippen LogP contribution in [0.3, 0.4) is 0 Å². The Kier molecular flexibility index (Phi) is 4.52. The minimum atomic E-state index is -0.308. The first-order valence-corrected chi connectivity index (χ1v) is 9.88. The first-order chi connectivity index (χ1) is 14.2. The number of amides is 1. The maximum atomic E-state index is 13.1. The van der Waals surface area contributed by atoms with Gasteiger partial charge in [-0.05, 0) is 29.8 Å². The summed E-state index contributed by atoms with van der Waals surface area (Å²) in [6.45, 7) is 1.49. The van der Waals surface area contributed by atoms with Crippen LogP contribution in [-0.4, -0.2) is 24.0 Å². The smallest absolute Gasteiger partial charge is 0.256 e. The molecular formula is C23H19ClN2O3. The second kappa shape index (κ2) is 7.33. The number of nitrogens with one attached hydrogen (secondary N) is 1. The molecular weight excluding hydrogens is 388 g/mol. The number of carbonyl (C=O) groups is 1. The maximum absolute atomic E-state index is 13.1. The van der Waals surface area contributed by atoms with E-state index in [4.69, 9.17) is 21.1 Å². The molecule has 0 fully saturated rings. The van der Waals surface area contributed by atoms with Crippen LogP contribution in [0.25, 0.3) is 0 Å². The van der Waals surface area contributed by atoms with E-state index in [0.717, 1.165) is 22.6 Å². The van der Waals surface area contributed by atoms with Crippen LogP contribution in [0, 0.1) is 0 Å². The Labute approximate surface area is 173 Å². The van der Waals surface area contributed by atoms with Crippen molar-refractivity contribution in [3.05, 3.63) is 88.4 Å². The summed E-state index contributed by atoms with van der Waals surface area (Å²) in [5.41, 5.74) is 3.41. The summed E-state index contributed by atoms with van der Waals surface area (Å²) in [5.74, 6) is 1.42. The van der Waals surface area contributed by atoms with E-state index in [1.165, 1.54) is 0 Å². The Morgan fingerprint density at radius 2 is 1.72 bits per heavy atom. The predicted octanol–water partition coefficient (Wildman–Crippen LogP) is 4.88. The quantitative estimate of drug-likeness (QED) is 0.671. The number of carbonyl (C=O) groups excluding carboxylic acids is 1. The van der Waals surface area contributed by atoms with Crippen LogP contribution in [0.15, 0.2) is 66.7 Å². The minimum absolute atomic E-state index is 0.0180. The van der Waals surface area contributed by atoms with Gasteiger partial charge >= 0.3 is 0 Å². The van der Waals surface area contributed by atoms with Crippen molar-refractivity contribution in [3.63, 3.8) is 0 Å². The standard InChI is InChI=1S/C23H19ClN2O3/c24-19-8-4-1-5-15(19)14-26-22(17-6-2-3-7-18(17)23(26)27)25-16-9-10-20-21(13-16)29-12-11-28-20/h1-10,13,22,25H,11-12,14H2. The van der Waals surface area contributed by atoms with E-state index in [9.17, 15) is 4.79 Å². The molecule has 0 spiro atoms. The third kappa shape index (κ3) is 3.28. The van der Waals surface area contributed by atoms with Gasteiger partial charge < -0.3 is 19.7 Å². The van der Waals surface area contributed by atoms with Gasteiger partial charge in [-0.1, -0.05) is 48.0 Å². The van der Waals surface area contributed by atoms with Gasteiger partial charge in [-0.2, -0.15) is 0 Å². The predicted molar refractivity (Wildman–Crippen MR) is 112 cm³/mol. The van der Waals surface area contributed by atoms with Crippen LogP contribution in [0.2, 0.25) is 5.02 Å². The lowest BCUT2D eigenvalue weighted by Gasteiger charge is -2.28. The highest BCUT2D eigenvalue weighted by Gasteiger charge is 2.36. The molecule has 1 N–H and O–H groups in total. The molecule has 5 nitrogen and oxygen atoms in total. The fraction of sp³-hybridized carbons (Fsp3) is 0.174. The van der Waals surface area contributed by atoms with Gasteiger partial charge in [0.1, 0.15) is 19.4 Å². The van der Waals surface area contributed by atoms with Gasteiger partial charge in [0.2, 0.25) is 0 Å². The molecule has 29 heavy (non-hydrogen) atoms. The van der Waals surface area contributed by atoms with Crippen molar-refractivity contribution in [3.8, 4) is 11.5 Å². The van der Waals surface area contributed by atoms with E-state index in [1.807, 2.05) is 71.6 Å². The third-order valence-corrected chi connectivity index (χ3v) is 5.57. The average Bonchev–Trinajstić information content (AvgIpc) is 3.01. The van der Waals surface area contributed by atoms with Gasteiger partial charge in [0.25, 0.3) is 5.91 Å². The number of ether oxygens (including phenoxy) is 2. The van der Waals surface area contributed by atoms with Crippen LogP contribution >= 0.6 is 11.6 Å². The van der Waals surface area contributed by atoms with E-state index in [1.54, 1.807) is 0 Å². The van der Waals surface area contributed by atoms with Gasteiger partial charge in [-0.3, -0.25) is 4.79 Å². The lowest BCUT2D eigenvalue weighted by molar-refractivity contribution is 0.0729. The maximum Gasteiger partial charge on any atom is 0.256 e. The minimum Gasteiger partial charge on any atom is -0.486 e. The summed E-state index contributed by atoms with van der Waals surface area (Å²) < 4.78 is 11.3. The normalized spacial score (nSPS) is 17.2. The molecule has 3 aromatic carbocycles. The monoisotopic (exact) mass is 406 g/mol. The highest BCUT2D eigenvalue weighted by Crippen LogP contribution is 2.38. The zero-order chi connectivity index (χ0) is 19.8. The second-order valence-corrected chi connectivity index (χ2v) is 7.42. The summed E-state index contributed by atoms with van der Waals surface area (Å²) >= 11 is 6.36. The molecule has 5 rings (SSSR count). The highest BCUT2D eigenvalue weighted by molar-refractivity contribution is 6.31. The molecule has 0 saturated heterocycles. The van der Waals surface area contributed by atoms with Crippen LogP contribution in [0.5, 0.6) is 11.5 Å². The van der Waals surface area contributed by atoms with Gasteiger partial charge in [0, 0.05) is 34.4 Å². The zero-order valence-electron chi connectivity index (χ0n) is 15.6. The van der Waals surface area contributed by atoms with Crippen LogP contribution in [0.4, 0.5) is 5.69 Å². The molecule has 1 amide bonds. The Balaban J connectivity index is 1.49. The van der Waals surface area contributed by atoms with Crippen molar-refractivity contribution in [1.82, 2.24) is 4.90 Å². The van der Waals surface area contributed by atoms with Crippen LogP contribution in [0.1, 0.15) is 27.7 Å². The summed E-state index contributed by atoms with van der Waals surface area (Å²) in [5, 5.41) is 4.14. The molecule has 0 aromatic heterocycles. The summed E-state index contributed by atoms with van der Waals surface area (Å²) in [7, 11) is 0. The van der Waals surface area contributed by atoms with Gasteiger partial charge in [-0.25, -0.2) is 0 Å². The lowest BCUT2D eigenvalue weighted by Crippen LogP contribution is -2.32. The molecule has 2 heterocycles. The van der Waals surface area contributed by atoms with Gasteiger partial charge in [0.15, 0.2) is 11.5 Å². The number of hydrogen-bond acceptors (Lipinski definition) is 4. The molecule has 2 aliphatic heterocycles. The largest absolute Gasteiger partial charge is 0.486 e. The molecule has 2 aliphatic rings. The Hall–Kier alpha value is -3.18.